The smallest absolute Gasteiger partial charge is 0.405 e. The van der Waals surface area contributed by atoms with Crippen LogP contribution in [0.4, 0.5) is 10.5 Å². The molecule has 0 bridgehead atoms. The number of amides is 1. The Hall–Kier alpha value is -3.95. The molecule has 2 aliphatic heterocycles. The maximum atomic E-state index is 11.1. The van der Waals surface area contributed by atoms with Gasteiger partial charge in [0.25, 0.3) is 0 Å². The van der Waals surface area contributed by atoms with Gasteiger partial charge in [-0.2, -0.15) is 10.4 Å². The number of carbonyl (C=O) groups is 1. The summed E-state index contributed by atoms with van der Waals surface area (Å²) in [6.45, 7) is 7.89. The first-order chi connectivity index (χ1) is 17.9. The molecule has 0 unspecified atom stereocenters. The highest BCUT2D eigenvalue weighted by molar-refractivity contribution is 5.82. The SMILES string of the molecule is CC1(NC(=O)O)CCN(c2cnc(-c3cc(OCCN4CCOCC4)cn4ncc(C#N)c34)nc2)CC1. The Balaban J connectivity index is 1.33. The number of piperidine rings is 1. The molecule has 2 saturated heterocycles. The zero-order chi connectivity index (χ0) is 25.8. The van der Waals surface area contributed by atoms with Crippen LogP contribution in [0.5, 0.6) is 5.75 Å². The number of pyridine rings is 1. The van der Waals surface area contributed by atoms with Gasteiger partial charge in [0, 0.05) is 38.3 Å². The molecule has 12 nitrogen and oxygen atoms in total. The van der Waals surface area contributed by atoms with Crippen LogP contribution < -0.4 is 15.0 Å². The molecular formula is C25H30N8O4. The second-order valence-corrected chi connectivity index (χ2v) is 9.60. The van der Waals surface area contributed by atoms with Crippen LogP contribution in [-0.2, 0) is 4.74 Å². The molecule has 5 rings (SSSR count). The maximum absolute atomic E-state index is 11.1. The van der Waals surface area contributed by atoms with Gasteiger partial charge in [-0.1, -0.05) is 0 Å². The Morgan fingerprint density at radius 3 is 2.62 bits per heavy atom. The monoisotopic (exact) mass is 506 g/mol. The minimum absolute atomic E-state index is 0.434. The van der Waals surface area contributed by atoms with Gasteiger partial charge in [0.1, 0.15) is 18.4 Å². The zero-order valence-corrected chi connectivity index (χ0v) is 20.8. The summed E-state index contributed by atoms with van der Waals surface area (Å²) in [5.74, 6) is 1.09. The van der Waals surface area contributed by atoms with Crippen LogP contribution in [0.15, 0.2) is 30.9 Å². The molecule has 0 saturated carbocycles. The fraction of sp³-hybridized carbons (Fsp3) is 0.480. The van der Waals surface area contributed by atoms with Crippen molar-refractivity contribution in [2.24, 2.45) is 0 Å². The van der Waals surface area contributed by atoms with Crippen LogP contribution in [0.25, 0.3) is 16.9 Å². The van der Waals surface area contributed by atoms with Gasteiger partial charge in [0.2, 0.25) is 0 Å². The number of nitrogens with zero attached hydrogens (tertiary/aromatic N) is 7. The number of hydrogen-bond donors (Lipinski definition) is 2. The highest BCUT2D eigenvalue weighted by Gasteiger charge is 2.31. The standard InChI is InChI=1S/C25H30N8O4/c1-25(30-24(34)35)2-4-32(5-3-25)19-15-27-23(28-16-19)21-12-20(17-33-22(21)18(13-26)14-29-33)37-11-8-31-6-9-36-10-7-31/h12,14-17,30H,2-11H2,1H3,(H,34,35). The number of aromatic nitrogens is 4. The molecule has 1 amide bonds. The van der Waals surface area contributed by atoms with Crippen LogP contribution in [0.1, 0.15) is 25.3 Å². The first-order valence-electron chi connectivity index (χ1n) is 12.4. The van der Waals surface area contributed by atoms with Gasteiger partial charge in [0.05, 0.1) is 60.3 Å². The Labute approximate surface area is 214 Å². The van der Waals surface area contributed by atoms with Gasteiger partial charge >= 0.3 is 6.09 Å². The molecule has 3 aromatic rings. The number of carboxylic acid groups (broad SMARTS) is 1. The van der Waals surface area contributed by atoms with Crippen LogP contribution in [0, 0.1) is 11.3 Å². The van der Waals surface area contributed by atoms with Gasteiger partial charge < -0.3 is 24.8 Å². The topological polar surface area (TPSA) is 141 Å². The Morgan fingerprint density at radius 2 is 1.95 bits per heavy atom. The summed E-state index contributed by atoms with van der Waals surface area (Å²) >= 11 is 0. The predicted molar refractivity (Wildman–Crippen MR) is 135 cm³/mol. The maximum Gasteiger partial charge on any atom is 0.405 e. The largest absolute Gasteiger partial charge is 0.491 e. The van der Waals surface area contributed by atoms with Gasteiger partial charge in [-0.05, 0) is 25.8 Å². The summed E-state index contributed by atoms with van der Waals surface area (Å²) in [5, 5.41) is 25.7. The van der Waals surface area contributed by atoms with Crippen LogP contribution in [0.2, 0.25) is 0 Å². The third-order valence-electron chi connectivity index (χ3n) is 7.01. The summed E-state index contributed by atoms with van der Waals surface area (Å²) in [6.07, 6.45) is 7.20. The molecule has 0 radical (unpaired) electrons. The number of hydrogen-bond acceptors (Lipinski definition) is 9. The number of rotatable bonds is 7. The van der Waals surface area contributed by atoms with E-state index in [-0.39, 0.29) is 0 Å². The molecule has 0 aliphatic carbocycles. The minimum atomic E-state index is -1.00. The summed E-state index contributed by atoms with van der Waals surface area (Å²) in [4.78, 5) is 24.8. The van der Waals surface area contributed by atoms with Crippen molar-refractivity contribution in [3.05, 3.63) is 36.4 Å². The highest BCUT2D eigenvalue weighted by Crippen LogP contribution is 2.30. The molecule has 2 N–H and O–H groups in total. The van der Waals surface area contributed by atoms with Crippen LogP contribution in [-0.4, -0.2) is 93.8 Å². The van der Waals surface area contributed by atoms with E-state index in [4.69, 9.17) is 14.6 Å². The molecule has 0 spiro atoms. The molecule has 2 fully saturated rings. The fourth-order valence-electron chi connectivity index (χ4n) is 4.81. The number of nitriles is 1. The molecule has 0 aromatic carbocycles. The molecule has 5 heterocycles. The summed E-state index contributed by atoms with van der Waals surface area (Å²) in [5.41, 5.74) is 2.16. The summed E-state index contributed by atoms with van der Waals surface area (Å²) < 4.78 is 13.1. The quantitative estimate of drug-likeness (QED) is 0.489. The number of morpholine rings is 1. The first kappa shape index (κ1) is 24.7. The van der Waals surface area contributed by atoms with Crippen molar-refractivity contribution in [2.75, 3.05) is 57.4 Å². The zero-order valence-electron chi connectivity index (χ0n) is 20.8. The third-order valence-corrected chi connectivity index (χ3v) is 7.01. The number of nitrogens with one attached hydrogen (secondary N) is 1. The fourth-order valence-corrected chi connectivity index (χ4v) is 4.81. The van der Waals surface area contributed by atoms with E-state index in [2.05, 4.69) is 36.3 Å². The Bertz CT molecular complexity index is 1290. The number of anilines is 1. The van der Waals surface area contributed by atoms with E-state index in [0.29, 0.717) is 60.8 Å². The number of fused-ring (bicyclic) bond motifs is 1. The first-order valence-corrected chi connectivity index (χ1v) is 12.4. The van der Waals surface area contributed by atoms with Crippen molar-refractivity contribution in [1.29, 1.82) is 5.26 Å². The van der Waals surface area contributed by atoms with Crippen LogP contribution in [0.3, 0.4) is 0 Å². The number of ether oxygens (including phenoxy) is 2. The summed E-state index contributed by atoms with van der Waals surface area (Å²) in [6, 6.07) is 4.05. The van der Waals surface area contributed by atoms with Gasteiger partial charge in [-0.15, -0.1) is 0 Å². The third kappa shape index (κ3) is 5.58. The summed E-state index contributed by atoms with van der Waals surface area (Å²) in [7, 11) is 0. The lowest BCUT2D eigenvalue weighted by molar-refractivity contribution is 0.0322. The molecule has 0 atom stereocenters. The lowest BCUT2D eigenvalue weighted by atomic mass is 9.89. The normalized spacial score (nSPS) is 17.9. The Morgan fingerprint density at radius 1 is 1.22 bits per heavy atom. The molecule has 2 aliphatic rings. The van der Waals surface area contributed by atoms with Crippen LogP contribution >= 0.6 is 0 Å². The second-order valence-electron chi connectivity index (χ2n) is 9.60. The Kier molecular flexibility index (Phi) is 7.07. The van der Waals surface area contributed by atoms with E-state index >= 15 is 0 Å². The van der Waals surface area contributed by atoms with Crippen molar-refractivity contribution < 1.29 is 19.4 Å². The van der Waals surface area contributed by atoms with E-state index in [9.17, 15) is 10.1 Å². The van der Waals surface area contributed by atoms with Crippen molar-refractivity contribution in [3.63, 3.8) is 0 Å². The molecular weight excluding hydrogens is 476 g/mol. The van der Waals surface area contributed by atoms with Gasteiger partial charge in [-0.25, -0.2) is 19.3 Å². The molecule has 12 heteroatoms. The van der Waals surface area contributed by atoms with E-state index in [1.807, 2.05) is 13.0 Å². The molecule has 3 aromatic heterocycles. The predicted octanol–water partition coefficient (Wildman–Crippen LogP) is 2.00. The van der Waals surface area contributed by atoms with Gasteiger partial charge in [-0.3, -0.25) is 4.90 Å². The van der Waals surface area contributed by atoms with Crippen molar-refractivity contribution in [3.8, 4) is 23.2 Å². The highest BCUT2D eigenvalue weighted by atomic mass is 16.5. The van der Waals surface area contributed by atoms with Gasteiger partial charge in [0.15, 0.2) is 5.82 Å². The molecule has 37 heavy (non-hydrogen) atoms. The minimum Gasteiger partial charge on any atom is -0.491 e. The average molecular weight is 507 g/mol. The van der Waals surface area contributed by atoms with Crippen molar-refractivity contribution >= 4 is 17.3 Å². The second kappa shape index (κ2) is 10.6. The average Bonchev–Trinajstić information content (AvgIpc) is 3.32. The van der Waals surface area contributed by atoms with E-state index in [1.54, 1.807) is 23.1 Å². The lowest BCUT2D eigenvalue weighted by Gasteiger charge is -2.40. The van der Waals surface area contributed by atoms with Crippen molar-refractivity contribution in [2.45, 2.75) is 25.3 Å². The molecule has 194 valence electrons. The lowest BCUT2D eigenvalue weighted by Crippen LogP contribution is -2.53. The van der Waals surface area contributed by atoms with Crippen molar-refractivity contribution in [1.82, 2.24) is 29.8 Å². The van der Waals surface area contributed by atoms with E-state index < -0.39 is 11.6 Å². The van der Waals surface area contributed by atoms with E-state index in [1.165, 1.54) is 6.20 Å². The van der Waals surface area contributed by atoms with E-state index in [0.717, 1.165) is 38.5 Å².